The van der Waals surface area contributed by atoms with Crippen LogP contribution in [0, 0.1) is 5.92 Å². The molecule has 1 N–H and O–H groups in total. The van der Waals surface area contributed by atoms with Gasteiger partial charge in [0.05, 0.1) is 13.7 Å². The molecule has 0 aliphatic carbocycles. The van der Waals surface area contributed by atoms with E-state index in [0.29, 0.717) is 13.0 Å². The fourth-order valence-electron chi connectivity index (χ4n) is 4.52. The SMILES string of the molecule is COC(=O)[C@H]1Cc2ccccc2CN1CC(=O)Nc1ccc(N2CCC(C)CC2)cc1. The molecular weight excluding hydrogens is 390 g/mol. The molecule has 0 radical (unpaired) electrons. The van der Waals surface area contributed by atoms with Gasteiger partial charge in [-0.15, -0.1) is 0 Å². The molecule has 2 aliphatic rings. The molecule has 2 heterocycles. The number of fused-ring (bicyclic) bond motifs is 1. The van der Waals surface area contributed by atoms with Gasteiger partial charge in [0.2, 0.25) is 5.91 Å². The van der Waals surface area contributed by atoms with Crippen molar-refractivity contribution >= 4 is 23.3 Å². The summed E-state index contributed by atoms with van der Waals surface area (Å²) in [4.78, 5) is 29.4. The molecule has 6 nitrogen and oxygen atoms in total. The van der Waals surface area contributed by atoms with Gasteiger partial charge in [0.25, 0.3) is 0 Å². The molecule has 1 fully saturated rings. The topological polar surface area (TPSA) is 61.9 Å². The molecule has 2 aromatic carbocycles. The van der Waals surface area contributed by atoms with Gasteiger partial charge in [0.1, 0.15) is 6.04 Å². The van der Waals surface area contributed by atoms with Crippen molar-refractivity contribution in [2.45, 2.75) is 38.8 Å². The lowest BCUT2D eigenvalue weighted by molar-refractivity contribution is -0.148. The minimum absolute atomic E-state index is 0.132. The molecule has 164 valence electrons. The van der Waals surface area contributed by atoms with E-state index in [1.165, 1.54) is 25.6 Å². The highest BCUT2D eigenvalue weighted by Gasteiger charge is 2.33. The Kier molecular flexibility index (Phi) is 6.56. The van der Waals surface area contributed by atoms with Crippen molar-refractivity contribution in [3.05, 3.63) is 59.7 Å². The molecular formula is C25H31N3O3. The van der Waals surface area contributed by atoms with Gasteiger partial charge in [-0.05, 0) is 60.6 Å². The second-order valence-corrected chi connectivity index (χ2v) is 8.68. The molecule has 6 heteroatoms. The molecule has 1 amide bonds. The molecule has 0 bridgehead atoms. The zero-order chi connectivity index (χ0) is 21.8. The normalized spacial score (nSPS) is 19.5. The number of ether oxygens (including phenoxy) is 1. The number of hydrogen-bond acceptors (Lipinski definition) is 5. The lowest BCUT2D eigenvalue weighted by Gasteiger charge is -2.34. The first kappa shape index (κ1) is 21.4. The fourth-order valence-corrected chi connectivity index (χ4v) is 4.52. The fraction of sp³-hybridized carbons (Fsp3) is 0.440. The molecule has 2 aromatic rings. The number of benzene rings is 2. The summed E-state index contributed by atoms with van der Waals surface area (Å²) in [6, 6.07) is 15.6. The van der Waals surface area contributed by atoms with Crippen LogP contribution >= 0.6 is 0 Å². The van der Waals surface area contributed by atoms with Crippen LogP contribution in [0.25, 0.3) is 0 Å². The van der Waals surface area contributed by atoms with E-state index < -0.39 is 6.04 Å². The molecule has 31 heavy (non-hydrogen) atoms. The van der Waals surface area contributed by atoms with E-state index in [-0.39, 0.29) is 18.4 Å². The number of rotatable bonds is 5. The van der Waals surface area contributed by atoms with Crippen LogP contribution in [-0.2, 0) is 27.3 Å². The monoisotopic (exact) mass is 421 g/mol. The summed E-state index contributed by atoms with van der Waals surface area (Å²) >= 11 is 0. The Morgan fingerprint density at radius 1 is 1.03 bits per heavy atom. The smallest absolute Gasteiger partial charge is 0.323 e. The summed E-state index contributed by atoms with van der Waals surface area (Å²) in [5.74, 6) is 0.362. The highest BCUT2D eigenvalue weighted by molar-refractivity contribution is 5.93. The minimum atomic E-state index is -0.450. The first-order valence-corrected chi connectivity index (χ1v) is 11.1. The number of nitrogens with zero attached hydrogens (tertiary/aromatic N) is 2. The Morgan fingerprint density at radius 2 is 1.71 bits per heavy atom. The summed E-state index contributed by atoms with van der Waals surface area (Å²) in [5, 5.41) is 2.98. The number of piperidine rings is 1. The molecule has 0 saturated carbocycles. The third-order valence-corrected chi connectivity index (χ3v) is 6.47. The van der Waals surface area contributed by atoms with Crippen molar-refractivity contribution in [2.24, 2.45) is 5.92 Å². The summed E-state index contributed by atoms with van der Waals surface area (Å²) in [7, 11) is 1.39. The van der Waals surface area contributed by atoms with E-state index >= 15 is 0 Å². The average molecular weight is 422 g/mol. The van der Waals surface area contributed by atoms with E-state index in [0.717, 1.165) is 35.8 Å². The third kappa shape index (κ3) is 5.07. The van der Waals surface area contributed by atoms with Crippen LogP contribution in [-0.4, -0.2) is 49.6 Å². The first-order valence-electron chi connectivity index (χ1n) is 11.1. The highest BCUT2D eigenvalue weighted by atomic mass is 16.5. The highest BCUT2D eigenvalue weighted by Crippen LogP contribution is 2.26. The number of hydrogen-bond donors (Lipinski definition) is 1. The van der Waals surface area contributed by atoms with Gasteiger partial charge in [-0.2, -0.15) is 0 Å². The molecule has 2 aliphatic heterocycles. The van der Waals surface area contributed by atoms with Crippen LogP contribution in [0.1, 0.15) is 30.9 Å². The van der Waals surface area contributed by atoms with Crippen LogP contribution < -0.4 is 10.2 Å². The van der Waals surface area contributed by atoms with Gasteiger partial charge < -0.3 is 15.0 Å². The molecule has 0 spiro atoms. The molecule has 0 aromatic heterocycles. The van der Waals surface area contributed by atoms with Crippen LogP contribution in [0.4, 0.5) is 11.4 Å². The van der Waals surface area contributed by atoms with Crippen LogP contribution in [0.3, 0.4) is 0 Å². The summed E-state index contributed by atoms with van der Waals surface area (Å²) < 4.78 is 5.00. The lowest BCUT2D eigenvalue weighted by atomic mass is 9.94. The van der Waals surface area contributed by atoms with Gasteiger partial charge >= 0.3 is 5.97 Å². The molecule has 4 rings (SSSR count). The molecule has 1 saturated heterocycles. The van der Waals surface area contributed by atoms with E-state index in [2.05, 4.69) is 29.3 Å². The first-order chi connectivity index (χ1) is 15.0. The third-order valence-electron chi connectivity index (χ3n) is 6.47. The van der Waals surface area contributed by atoms with E-state index in [1.54, 1.807) is 0 Å². The van der Waals surface area contributed by atoms with Crippen molar-refractivity contribution in [1.29, 1.82) is 0 Å². The largest absolute Gasteiger partial charge is 0.468 e. The minimum Gasteiger partial charge on any atom is -0.468 e. The predicted molar refractivity (Wildman–Crippen MR) is 122 cm³/mol. The summed E-state index contributed by atoms with van der Waals surface area (Å²) in [5.41, 5.74) is 4.25. The number of anilines is 2. The average Bonchev–Trinajstić information content (AvgIpc) is 2.79. The van der Waals surface area contributed by atoms with Gasteiger partial charge in [0, 0.05) is 31.0 Å². The van der Waals surface area contributed by atoms with Crippen molar-refractivity contribution in [1.82, 2.24) is 4.90 Å². The maximum atomic E-state index is 12.8. The second-order valence-electron chi connectivity index (χ2n) is 8.68. The Balaban J connectivity index is 1.38. The van der Waals surface area contributed by atoms with Crippen molar-refractivity contribution in [2.75, 3.05) is 37.0 Å². The Bertz CT molecular complexity index is 920. The standard InChI is InChI=1S/C25H31N3O3/c1-18-11-13-27(14-12-18)22-9-7-21(8-10-22)26-24(29)17-28-16-20-6-4-3-5-19(20)15-23(28)25(30)31-2/h3-10,18,23H,11-17H2,1-2H3,(H,26,29)/t23-/m1/s1. The van der Waals surface area contributed by atoms with Gasteiger partial charge in [-0.3, -0.25) is 14.5 Å². The number of esters is 1. The number of methoxy groups -OCH3 is 1. The van der Waals surface area contributed by atoms with E-state index in [1.807, 2.05) is 41.3 Å². The number of carbonyl (C=O) groups is 2. The van der Waals surface area contributed by atoms with E-state index in [9.17, 15) is 9.59 Å². The summed E-state index contributed by atoms with van der Waals surface area (Å²) in [6.07, 6.45) is 3.00. The quantitative estimate of drug-likeness (QED) is 0.749. The van der Waals surface area contributed by atoms with Crippen molar-refractivity contribution < 1.29 is 14.3 Å². The Hall–Kier alpha value is -2.86. The van der Waals surface area contributed by atoms with Crippen molar-refractivity contribution in [3.63, 3.8) is 0 Å². The number of nitrogens with one attached hydrogen (secondary N) is 1. The zero-order valence-corrected chi connectivity index (χ0v) is 18.3. The number of carbonyl (C=O) groups excluding carboxylic acids is 2. The second kappa shape index (κ2) is 9.52. The Morgan fingerprint density at radius 3 is 2.39 bits per heavy atom. The number of amides is 1. The van der Waals surface area contributed by atoms with Crippen molar-refractivity contribution in [3.8, 4) is 0 Å². The Labute approximate surface area is 184 Å². The van der Waals surface area contributed by atoms with Crippen LogP contribution in [0.2, 0.25) is 0 Å². The van der Waals surface area contributed by atoms with Crippen LogP contribution in [0.15, 0.2) is 48.5 Å². The predicted octanol–water partition coefficient (Wildman–Crippen LogP) is 3.46. The van der Waals surface area contributed by atoms with Gasteiger partial charge in [0.15, 0.2) is 0 Å². The molecule has 1 atom stereocenters. The van der Waals surface area contributed by atoms with E-state index in [4.69, 9.17) is 4.74 Å². The molecule has 0 unspecified atom stereocenters. The van der Waals surface area contributed by atoms with Gasteiger partial charge in [-0.25, -0.2) is 0 Å². The van der Waals surface area contributed by atoms with Crippen LogP contribution in [0.5, 0.6) is 0 Å². The summed E-state index contributed by atoms with van der Waals surface area (Å²) in [6.45, 7) is 5.16. The van der Waals surface area contributed by atoms with Gasteiger partial charge in [-0.1, -0.05) is 31.2 Å². The maximum Gasteiger partial charge on any atom is 0.323 e. The maximum absolute atomic E-state index is 12.8. The lowest BCUT2D eigenvalue weighted by Crippen LogP contribution is -2.49. The zero-order valence-electron chi connectivity index (χ0n) is 18.3.